The first kappa shape index (κ1) is 26.3. The lowest BCUT2D eigenvalue weighted by molar-refractivity contribution is -0.135. The fraction of sp³-hybridized carbons (Fsp3) is 0.0588. The van der Waals surface area contributed by atoms with Crippen LogP contribution < -0.4 is 19.3 Å². The van der Waals surface area contributed by atoms with Crippen molar-refractivity contribution in [2.24, 2.45) is 0 Å². The maximum atomic E-state index is 13.1. The summed E-state index contributed by atoms with van der Waals surface area (Å²) < 4.78 is 11.4. The molecule has 0 saturated heterocycles. The van der Waals surface area contributed by atoms with Crippen LogP contribution in [0.25, 0.3) is 0 Å². The lowest BCUT2D eigenvalue weighted by Gasteiger charge is -2.25. The molecule has 6 nitrogen and oxygen atoms in total. The van der Waals surface area contributed by atoms with Crippen molar-refractivity contribution in [3.63, 3.8) is 0 Å². The van der Waals surface area contributed by atoms with Crippen LogP contribution in [0.2, 0.25) is 0 Å². The van der Waals surface area contributed by atoms with Gasteiger partial charge in [0.05, 0.1) is 0 Å². The van der Waals surface area contributed by atoms with Crippen molar-refractivity contribution in [2.75, 3.05) is 22.9 Å². The molecule has 5 rings (SSSR count). The maximum absolute atomic E-state index is 13.1. The smallest absolute Gasteiger partial charge is 0.331 e. The molecular formula is C34H28N2O4. The number of anilines is 4. The highest BCUT2D eigenvalue weighted by Crippen LogP contribution is 2.30. The minimum absolute atomic E-state index is 0.0356. The topological polar surface area (TPSA) is 59.1 Å². The van der Waals surface area contributed by atoms with E-state index in [1.54, 1.807) is 24.3 Å². The van der Waals surface area contributed by atoms with Crippen LogP contribution in [-0.2, 0) is 9.59 Å². The zero-order chi connectivity index (χ0) is 27.6. The molecular weight excluding hydrogens is 500 g/mol. The van der Waals surface area contributed by atoms with Crippen molar-refractivity contribution < 1.29 is 19.1 Å². The lowest BCUT2D eigenvalue weighted by Crippen LogP contribution is -2.29. The molecule has 0 N–H and O–H groups in total. The quantitative estimate of drug-likeness (QED) is 0.141. The molecule has 0 atom stereocenters. The molecule has 0 aliphatic heterocycles. The van der Waals surface area contributed by atoms with Gasteiger partial charge in [0, 0.05) is 22.7 Å². The summed E-state index contributed by atoms with van der Waals surface area (Å²) in [5.74, 6) is -0.640. The number of esters is 2. The monoisotopic (exact) mass is 528 g/mol. The van der Waals surface area contributed by atoms with Gasteiger partial charge in [-0.1, -0.05) is 84.9 Å². The number of nitrogens with zero attached hydrogens (tertiary/aromatic N) is 2. The van der Waals surface area contributed by atoms with Crippen molar-refractivity contribution in [1.82, 2.24) is 0 Å². The third kappa shape index (κ3) is 6.74. The predicted molar refractivity (Wildman–Crippen MR) is 157 cm³/mol. The second kappa shape index (κ2) is 12.9. The van der Waals surface area contributed by atoms with E-state index in [1.807, 2.05) is 131 Å². The third-order valence-electron chi connectivity index (χ3n) is 6.14. The van der Waals surface area contributed by atoms with Crippen LogP contribution in [0.4, 0.5) is 22.7 Å². The number of benzene rings is 5. The lowest BCUT2D eigenvalue weighted by atomic mass is 10.2. The van der Waals surface area contributed by atoms with Gasteiger partial charge in [-0.15, -0.1) is 0 Å². The summed E-state index contributed by atoms with van der Waals surface area (Å²) in [6.45, 7) is -0.0712. The van der Waals surface area contributed by atoms with Gasteiger partial charge < -0.3 is 19.3 Å². The Bertz CT molecular complexity index is 1330. The number of carbonyl (C=O) groups is 2. The molecule has 5 aromatic carbocycles. The number of para-hydroxylation sites is 6. The second-order valence-corrected chi connectivity index (χ2v) is 8.91. The second-order valence-electron chi connectivity index (χ2n) is 8.91. The van der Waals surface area contributed by atoms with Gasteiger partial charge in [0.25, 0.3) is 0 Å². The zero-order valence-corrected chi connectivity index (χ0v) is 21.8. The van der Waals surface area contributed by atoms with E-state index in [1.165, 1.54) is 0 Å². The van der Waals surface area contributed by atoms with Gasteiger partial charge in [-0.05, 0) is 60.7 Å². The molecule has 0 aliphatic rings. The fourth-order valence-electron chi connectivity index (χ4n) is 4.28. The summed E-state index contributed by atoms with van der Waals surface area (Å²) in [6.07, 6.45) is 0. The zero-order valence-electron chi connectivity index (χ0n) is 21.8. The van der Waals surface area contributed by atoms with E-state index in [-0.39, 0.29) is 24.6 Å². The largest absolute Gasteiger partial charge is 0.421 e. The van der Waals surface area contributed by atoms with Crippen molar-refractivity contribution in [2.45, 2.75) is 0 Å². The summed E-state index contributed by atoms with van der Waals surface area (Å²) in [4.78, 5) is 30.0. The van der Waals surface area contributed by atoms with Crippen molar-refractivity contribution >= 4 is 34.7 Å². The van der Waals surface area contributed by atoms with Gasteiger partial charge >= 0.3 is 11.9 Å². The van der Waals surface area contributed by atoms with E-state index in [9.17, 15) is 9.59 Å². The molecule has 0 aromatic heterocycles. The molecule has 0 unspecified atom stereocenters. The Labute approximate surface area is 233 Å². The van der Waals surface area contributed by atoms with Gasteiger partial charge in [-0.25, -0.2) is 9.59 Å². The molecule has 0 fully saturated rings. The molecule has 0 radical (unpaired) electrons. The molecule has 0 aliphatic carbocycles. The number of hydrogen-bond donors (Lipinski definition) is 0. The SMILES string of the molecule is O=C(CN(c1ccccc1)c1ccccc1)Oc1ccccc1OC(=O)CN(c1ccccc1)c1ccccc1. The number of ether oxygens (including phenoxy) is 2. The Morgan fingerprint density at radius 3 is 0.925 bits per heavy atom. The molecule has 0 heterocycles. The summed E-state index contributed by atoms with van der Waals surface area (Å²) in [5, 5.41) is 0. The summed E-state index contributed by atoms with van der Waals surface area (Å²) in [6, 6.07) is 45.2. The highest BCUT2D eigenvalue weighted by atomic mass is 16.6. The third-order valence-corrected chi connectivity index (χ3v) is 6.14. The maximum Gasteiger partial charge on any atom is 0.331 e. The Balaban J connectivity index is 1.31. The van der Waals surface area contributed by atoms with E-state index in [0.29, 0.717) is 0 Å². The summed E-state index contributed by atoms with van der Waals surface area (Å²) in [7, 11) is 0. The van der Waals surface area contributed by atoms with Crippen LogP contribution in [0, 0.1) is 0 Å². The van der Waals surface area contributed by atoms with Crippen LogP contribution in [0.1, 0.15) is 0 Å². The normalized spacial score (nSPS) is 10.4. The van der Waals surface area contributed by atoms with Crippen LogP contribution in [0.3, 0.4) is 0 Å². The average molecular weight is 529 g/mol. The van der Waals surface area contributed by atoms with E-state index in [0.717, 1.165) is 22.7 Å². The first-order valence-electron chi connectivity index (χ1n) is 12.9. The Hall–Kier alpha value is -5.36. The first-order valence-corrected chi connectivity index (χ1v) is 12.9. The molecule has 0 saturated carbocycles. The standard InChI is InChI=1S/C34H28N2O4/c37-33(25-35(27-15-5-1-6-16-27)28-17-7-2-8-18-28)39-31-23-13-14-24-32(31)40-34(38)26-36(29-19-9-3-10-20-29)30-21-11-4-12-22-30/h1-24H,25-26H2. The molecule has 0 spiro atoms. The van der Waals surface area contributed by atoms with Crippen LogP contribution in [0.15, 0.2) is 146 Å². The molecule has 6 heteroatoms. The first-order chi connectivity index (χ1) is 19.7. The van der Waals surface area contributed by atoms with Crippen LogP contribution >= 0.6 is 0 Å². The van der Waals surface area contributed by atoms with Crippen LogP contribution in [-0.4, -0.2) is 25.0 Å². The van der Waals surface area contributed by atoms with Crippen molar-refractivity contribution in [3.8, 4) is 11.5 Å². The van der Waals surface area contributed by atoms with Gasteiger partial charge in [0.1, 0.15) is 13.1 Å². The Morgan fingerprint density at radius 2 is 0.650 bits per heavy atom. The van der Waals surface area contributed by atoms with Gasteiger partial charge in [0.15, 0.2) is 11.5 Å². The fourth-order valence-corrected chi connectivity index (χ4v) is 4.28. The van der Waals surface area contributed by atoms with E-state index in [4.69, 9.17) is 9.47 Å². The number of hydrogen-bond acceptors (Lipinski definition) is 6. The minimum atomic E-state index is -0.494. The number of carbonyl (C=O) groups excluding carboxylic acids is 2. The summed E-state index contributed by atoms with van der Waals surface area (Å²) >= 11 is 0. The van der Waals surface area contributed by atoms with Gasteiger partial charge in [-0.3, -0.25) is 0 Å². The van der Waals surface area contributed by atoms with Crippen molar-refractivity contribution in [3.05, 3.63) is 146 Å². The Kier molecular flexibility index (Phi) is 8.49. The van der Waals surface area contributed by atoms with Gasteiger partial charge in [0.2, 0.25) is 0 Å². The molecule has 198 valence electrons. The highest BCUT2D eigenvalue weighted by molar-refractivity contribution is 5.84. The average Bonchev–Trinajstić information content (AvgIpc) is 3.01. The molecule has 5 aromatic rings. The van der Waals surface area contributed by atoms with Crippen LogP contribution in [0.5, 0.6) is 11.5 Å². The van der Waals surface area contributed by atoms with E-state index in [2.05, 4.69) is 0 Å². The van der Waals surface area contributed by atoms with E-state index >= 15 is 0 Å². The van der Waals surface area contributed by atoms with Gasteiger partial charge in [-0.2, -0.15) is 0 Å². The predicted octanol–water partition coefficient (Wildman–Crippen LogP) is 7.17. The van der Waals surface area contributed by atoms with E-state index < -0.39 is 11.9 Å². The van der Waals surface area contributed by atoms with Crippen molar-refractivity contribution in [1.29, 1.82) is 0 Å². The summed E-state index contributed by atoms with van der Waals surface area (Å²) in [5.41, 5.74) is 3.42. The molecule has 0 amide bonds. The highest BCUT2D eigenvalue weighted by Gasteiger charge is 2.20. The Morgan fingerprint density at radius 1 is 0.400 bits per heavy atom. The molecule has 40 heavy (non-hydrogen) atoms. The number of rotatable bonds is 10. The minimum Gasteiger partial charge on any atom is -0.421 e. The molecule has 0 bridgehead atoms.